The molecule has 0 spiro atoms. The van der Waals surface area contributed by atoms with E-state index in [-0.39, 0.29) is 12.5 Å². The monoisotopic (exact) mass is 494 g/mol. The first-order valence-electron chi connectivity index (χ1n) is 9.90. The summed E-state index contributed by atoms with van der Waals surface area (Å²) in [6.07, 6.45) is 0.972. The first kappa shape index (κ1) is 24.5. The van der Waals surface area contributed by atoms with Crippen LogP contribution in [0.2, 0.25) is 5.02 Å². The lowest BCUT2D eigenvalue weighted by Crippen LogP contribution is -2.49. The molecule has 176 valence electrons. The SMILES string of the molecule is CS(=O)(=O)C[C@@H](NC(=O)Nc1ccc(Cl)cc1)C(=O)Nc1ccc(N2CCOCC2=O)cc1. The third-order valence-corrected chi connectivity index (χ3v) is 5.82. The quantitative estimate of drug-likeness (QED) is 0.538. The zero-order chi connectivity index (χ0) is 24.0. The summed E-state index contributed by atoms with van der Waals surface area (Å²) in [5.74, 6) is -1.46. The summed E-state index contributed by atoms with van der Waals surface area (Å²) in [6.45, 7) is 0.865. The summed E-state index contributed by atoms with van der Waals surface area (Å²) >= 11 is 5.81. The Balaban J connectivity index is 1.66. The highest BCUT2D eigenvalue weighted by molar-refractivity contribution is 7.90. The van der Waals surface area contributed by atoms with E-state index >= 15 is 0 Å². The lowest BCUT2D eigenvalue weighted by atomic mass is 10.2. The zero-order valence-electron chi connectivity index (χ0n) is 17.7. The van der Waals surface area contributed by atoms with Crippen LogP contribution in [0.25, 0.3) is 0 Å². The third-order valence-electron chi connectivity index (χ3n) is 4.63. The van der Waals surface area contributed by atoms with Gasteiger partial charge in [0, 0.05) is 34.9 Å². The number of morpholine rings is 1. The Kier molecular flexibility index (Phi) is 7.90. The average Bonchev–Trinajstić information content (AvgIpc) is 2.75. The number of carbonyl (C=O) groups excluding carboxylic acids is 3. The Morgan fingerprint density at radius 3 is 2.27 bits per heavy atom. The number of hydrogen-bond donors (Lipinski definition) is 3. The van der Waals surface area contributed by atoms with E-state index in [4.69, 9.17) is 16.3 Å². The van der Waals surface area contributed by atoms with E-state index in [1.54, 1.807) is 53.4 Å². The molecule has 10 nitrogen and oxygen atoms in total. The molecule has 1 fully saturated rings. The number of ether oxygens (including phenoxy) is 1. The summed E-state index contributed by atoms with van der Waals surface area (Å²) in [7, 11) is -3.59. The smallest absolute Gasteiger partial charge is 0.319 e. The van der Waals surface area contributed by atoms with Gasteiger partial charge in [-0.15, -0.1) is 0 Å². The molecular weight excluding hydrogens is 472 g/mol. The van der Waals surface area contributed by atoms with Crippen LogP contribution in [0.5, 0.6) is 0 Å². The Hall–Kier alpha value is -3.15. The molecule has 33 heavy (non-hydrogen) atoms. The van der Waals surface area contributed by atoms with Gasteiger partial charge in [0.2, 0.25) is 5.91 Å². The topological polar surface area (TPSA) is 134 Å². The van der Waals surface area contributed by atoms with Crippen molar-refractivity contribution < 1.29 is 27.5 Å². The fourth-order valence-corrected chi connectivity index (χ4v) is 4.06. The zero-order valence-corrected chi connectivity index (χ0v) is 19.3. The van der Waals surface area contributed by atoms with Crippen LogP contribution in [0, 0.1) is 0 Å². The second-order valence-electron chi connectivity index (χ2n) is 7.38. The van der Waals surface area contributed by atoms with E-state index in [1.165, 1.54) is 0 Å². The molecule has 3 N–H and O–H groups in total. The van der Waals surface area contributed by atoms with E-state index in [0.29, 0.717) is 35.2 Å². The van der Waals surface area contributed by atoms with E-state index in [9.17, 15) is 22.8 Å². The lowest BCUT2D eigenvalue weighted by molar-refractivity contribution is -0.125. The van der Waals surface area contributed by atoms with Gasteiger partial charge in [-0.25, -0.2) is 13.2 Å². The molecule has 1 saturated heterocycles. The molecule has 0 bridgehead atoms. The van der Waals surface area contributed by atoms with E-state index in [1.807, 2.05) is 0 Å². The predicted molar refractivity (Wildman–Crippen MR) is 125 cm³/mol. The summed E-state index contributed by atoms with van der Waals surface area (Å²) in [4.78, 5) is 38.6. The molecule has 0 unspecified atom stereocenters. The van der Waals surface area contributed by atoms with Crippen molar-refractivity contribution in [2.24, 2.45) is 0 Å². The number of sulfone groups is 1. The molecule has 0 aromatic heterocycles. The maximum Gasteiger partial charge on any atom is 0.319 e. The minimum atomic E-state index is -3.59. The van der Waals surface area contributed by atoms with Gasteiger partial charge in [-0.05, 0) is 48.5 Å². The van der Waals surface area contributed by atoms with Crippen LogP contribution in [-0.2, 0) is 24.2 Å². The molecule has 2 aromatic carbocycles. The van der Waals surface area contributed by atoms with Crippen LogP contribution in [0.3, 0.4) is 0 Å². The lowest BCUT2D eigenvalue weighted by Gasteiger charge is -2.27. The Bertz CT molecular complexity index is 1120. The van der Waals surface area contributed by atoms with Crippen molar-refractivity contribution in [3.8, 4) is 0 Å². The third kappa shape index (κ3) is 7.45. The Morgan fingerprint density at radius 2 is 1.67 bits per heavy atom. The predicted octanol–water partition coefficient (Wildman–Crippen LogP) is 1.88. The number of hydrogen-bond acceptors (Lipinski definition) is 6. The molecule has 12 heteroatoms. The van der Waals surface area contributed by atoms with Gasteiger partial charge in [-0.3, -0.25) is 9.59 Å². The molecule has 4 amide bonds. The maximum absolute atomic E-state index is 12.7. The summed E-state index contributed by atoms with van der Waals surface area (Å²) in [5.41, 5.74) is 1.45. The summed E-state index contributed by atoms with van der Waals surface area (Å²) in [5, 5.41) is 7.98. The maximum atomic E-state index is 12.7. The normalized spacial score (nSPS) is 15.0. The number of anilines is 3. The second kappa shape index (κ2) is 10.6. The second-order valence-corrected chi connectivity index (χ2v) is 10.0. The molecular formula is C21H23ClN4O6S. The van der Waals surface area contributed by atoms with Gasteiger partial charge in [0.15, 0.2) is 0 Å². The largest absolute Gasteiger partial charge is 0.370 e. The van der Waals surface area contributed by atoms with E-state index < -0.39 is 33.6 Å². The molecule has 2 aromatic rings. The summed E-state index contributed by atoms with van der Waals surface area (Å²) < 4.78 is 28.7. The highest BCUT2D eigenvalue weighted by Crippen LogP contribution is 2.20. The van der Waals surface area contributed by atoms with Crippen molar-refractivity contribution in [3.05, 3.63) is 53.6 Å². The molecule has 0 aliphatic carbocycles. The van der Waals surface area contributed by atoms with Crippen LogP contribution < -0.4 is 20.9 Å². The van der Waals surface area contributed by atoms with Crippen LogP contribution in [0.15, 0.2) is 48.5 Å². The first-order chi connectivity index (χ1) is 15.6. The van der Waals surface area contributed by atoms with Crippen LogP contribution in [0.4, 0.5) is 21.9 Å². The van der Waals surface area contributed by atoms with Gasteiger partial charge >= 0.3 is 6.03 Å². The number of halogens is 1. The minimum Gasteiger partial charge on any atom is -0.370 e. The first-order valence-corrected chi connectivity index (χ1v) is 12.3. The Labute approximate surface area is 196 Å². The van der Waals surface area contributed by atoms with Crippen molar-refractivity contribution >= 4 is 56.3 Å². The summed E-state index contributed by atoms with van der Waals surface area (Å²) in [6, 6.07) is 10.7. The van der Waals surface area contributed by atoms with Crippen molar-refractivity contribution in [3.63, 3.8) is 0 Å². The average molecular weight is 495 g/mol. The molecule has 1 aliphatic heterocycles. The molecule has 1 aliphatic rings. The van der Waals surface area contributed by atoms with Gasteiger partial charge in [-0.2, -0.15) is 0 Å². The number of urea groups is 1. The molecule has 0 radical (unpaired) electrons. The van der Waals surface area contributed by atoms with Crippen LogP contribution >= 0.6 is 11.6 Å². The van der Waals surface area contributed by atoms with Crippen LogP contribution in [-0.4, -0.2) is 64.1 Å². The molecule has 3 rings (SSSR count). The van der Waals surface area contributed by atoms with Crippen molar-refractivity contribution in [1.82, 2.24) is 5.32 Å². The fraction of sp³-hybridized carbons (Fsp3) is 0.286. The van der Waals surface area contributed by atoms with E-state index in [2.05, 4.69) is 16.0 Å². The highest BCUT2D eigenvalue weighted by Gasteiger charge is 2.26. The standard InChI is InChI=1S/C21H23ClN4O6S/c1-33(30,31)13-18(25-21(29)24-16-4-2-14(22)3-5-16)20(28)23-15-6-8-17(9-7-15)26-10-11-32-12-19(26)27/h2-9,18H,10-13H2,1H3,(H,23,28)(H2,24,25,29)/t18-/m1/s1. The number of nitrogens with zero attached hydrogens (tertiary/aromatic N) is 1. The molecule has 1 atom stereocenters. The van der Waals surface area contributed by atoms with E-state index in [0.717, 1.165) is 6.26 Å². The number of benzene rings is 2. The number of amides is 4. The number of nitrogens with one attached hydrogen (secondary N) is 3. The Morgan fingerprint density at radius 1 is 1.06 bits per heavy atom. The van der Waals surface area contributed by atoms with Crippen molar-refractivity contribution in [2.45, 2.75) is 6.04 Å². The van der Waals surface area contributed by atoms with Gasteiger partial charge < -0.3 is 25.6 Å². The minimum absolute atomic E-state index is 0.00934. The van der Waals surface area contributed by atoms with Gasteiger partial charge in [-0.1, -0.05) is 11.6 Å². The molecule has 0 saturated carbocycles. The van der Waals surface area contributed by atoms with Crippen molar-refractivity contribution in [1.29, 1.82) is 0 Å². The number of rotatable bonds is 7. The number of carbonyl (C=O) groups is 3. The van der Waals surface area contributed by atoms with Gasteiger partial charge in [0.25, 0.3) is 5.91 Å². The fourth-order valence-electron chi connectivity index (χ4n) is 3.09. The van der Waals surface area contributed by atoms with Crippen LogP contribution in [0.1, 0.15) is 0 Å². The highest BCUT2D eigenvalue weighted by atomic mass is 35.5. The van der Waals surface area contributed by atoms with Crippen molar-refractivity contribution in [2.75, 3.05) is 47.3 Å². The van der Waals surface area contributed by atoms with Gasteiger partial charge in [0.05, 0.1) is 12.4 Å². The van der Waals surface area contributed by atoms with Gasteiger partial charge in [0.1, 0.15) is 22.5 Å². The molecule has 1 heterocycles.